The van der Waals surface area contributed by atoms with Gasteiger partial charge in [0.2, 0.25) is 0 Å². The summed E-state index contributed by atoms with van der Waals surface area (Å²) in [4.78, 5) is 22.9. The molecule has 1 fully saturated rings. The molecule has 1 heterocycles. The van der Waals surface area contributed by atoms with E-state index >= 15 is 0 Å². The molecule has 2 N–H and O–H groups in total. The number of amides is 2. The quantitative estimate of drug-likeness (QED) is 0.878. The Morgan fingerprint density at radius 2 is 2.10 bits per heavy atom. The van der Waals surface area contributed by atoms with Crippen LogP contribution in [-0.4, -0.2) is 38.9 Å². The highest BCUT2D eigenvalue weighted by molar-refractivity contribution is 6.32. The number of methoxy groups -OCH3 is 2. The molecule has 8 heteroatoms. The molecule has 7 nitrogen and oxygen atoms in total. The zero-order chi connectivity index (χ0) is 14.7. The number of anilines is 1. The number of halogens is 1. The number of carbonyl (C=O) groups excluding carboxylic acids is 2. The number of carbonyl (C=O) groups is 2. The van der Waals surface area contributed by atoms with Crippen molar-refractivity contribution in [3.63, 3.8) is 0 Å². The molecule has 0 saturated carbocycles. The van der Waals surface area contributed by atoms with Gasteiger partial charge in [-0.15, -0.1) is 0 Å². The molecule has 0 aromatic heterocycles. The van der Waals surface area contributed by atoms with E-state index in [2.05, 4.69) is 15.4 Å². The molecule has 1 atom stereocenters. The average molecular weight is 301 g/mol. The van der Waals surface area contributed by atoms with Crippen LogP contribution in [0.3, 0.4) is 0 Å². The monoisotopic (exact) mass is 300 g/mol. The van der Waals surface area contributed by atoms with Crippen LogP contribution in [0.4, 0.5) is 10.5 Å². The van der Waals surface area contributed by atoms with Crippen LogP contribution in [0.25, 0.3) is 0 Å². The predicted octanol–water partition coefficient (Wildman–Crippen LogP) is 1.40. The molecule has 0 aliphatic carbocycles. The van der Waals surface area contributed by atoms with Gasteiger partial charge in [0.15, 0.2) is 0 Å². The first-order chi connectivity index (χ1) is 9.55. The van der Waals surface area contributed by atoms with Crippen molar-refractivity contribution < 1.29 is 23.8 Å². The van der Waals surface area contributed by atoms with E-state index in [1.54, 1.807) is 0 Å². The Balaban J connectivity index is 2.19. The molecule has 0 bridgehead atoms. The third-order valence-electron chi connectivity index (χ3n) is 2.72. The van der Waals surface area contributed by atoms with Gasteiger partial charge in [-0.25, -0.2) is 4.79 Å². The van der Waals surface area contributed by atoms with Gasteiger partial charge in [0.05, 0.1) is 24.9 Å². The first kappa shape index (κ1) is 14.3. The van der Waals surface area contributed by atoms with Gasteiger partial charge in [-0.2, -0.15) is 0 Å². The number of alkyl carbamates (subject to hydrolysis) is 1. The number of benzene rings is 1. The zero-order valence-corrected chi connectivity index (χ0v) is 11.6. The molecule has 1 aromatic rings. The smallest absolute Gasteiger partial charge is 0.407 e. The summed E-state index contributed by atoms with van der Waals surface area (Å²) in [5, 5.41) is 5.37. The van der Waals surface area contributed by atoms with E-state index in [-0.39, 0.29) is 6.61 Å². The lowest BCUT2D eigenvalue weighted by molar-refractivity contribution is -0.117. The Morgan fingerprint density at radius 1 is 1.40 bits per heavy atom. The highest BCUT2D eigenvalue weighted by Gasteiger charge is 2.29. The molecule has 1 aliphatic heterocycles. The summed E-state index contributed by atoms with van der Waals surface area (Å²) >= 11 is 5.97. The fourth-order valence-corrected chi connectivity index (χ4v) is 1.93. The molecule has 0 spiro atoms. The average Bonchev–Trinajstić information content (AvgIpc) is 2.87. The molecule has 108 valence electrons. The van der Waals surface area contributed by atoms with Gasteiger partial charge < -0.3 is 24.8 Å². The SMILES string of the molecule is COc1cc(NC(=O)C2COC(=O)N2)c(OC)cc1Cl. The van der Waals surface area contributed by atoms with Crippen LogP contribution in [0.5, 0.6) is 11.5 Å². The Morgan fingerprint density at radius 3 is 2.65 bits per heavy atom. The van der Waals surface area contributed by atoms with E-state index in [0.29, 0.717) is 22.2 Å². The van der Waals surface area contributed by atoms with Crippen molar-refractivity contribution in [2.45, 2.75) is 6.04 Å². The minimum absolute atomic E-state index is 0.0162. The van der Waals surface area contributed by atoms with Crippen molar-refractivity contribution in [1.29, 1.82) is 0 Å². The minimum Gasteiger partial charge on any atom is -0.495 e. The molecular formula is C12H13ClN2O5. The van der Waals surface area contributed by atoms with Crippen molar-refractivity contribution >= 4 is 29.3 Å². The minimum atomic E-state index is -0.742. The Kier molecular flexibility index (Phi) is 4.19. The summed E-state index contributed by atoms with van der Waals surface area (Å²) in [6.45, 7) is -0.0162. The van der Waals surface area contributed by atoms with Crippen molar-refractivity contribution in [2.75, 3.05) is 26.1 Å². The maximum absolute atomic E-state index is 12.0. The fourth-order valence-electron chi connectivity index (χ4n) is 1.70. The second-order valence-electron chi connectivity index (χ2n) is 3.97. The van der Waals surface area contributed by atoms with E-state index < -0.39 is 18.0 Å². The number of cyclic esters (lactones) is 1. The summed E-state index contributed by atoms with van der Waals surface area (Å²) in [5.41, 5.74) is 0.389. The van der Waals surface area contributed by atoms with E-state index in [9.17, 15) is 9.59 Å². The van der Waals surface area contributed by atoms with Gasteiger partial charge in [0, 0.05) is 12.1 Å². The van der Waals surface area contributed by atoms with Crippen molar-refractivity contribution in [1.82, 2.24) is 5.32 Å². The molecule has 1 aromatic carbocycles. The summed E-state index contributed by atoms with van der Waals surface area (Å²) in [6.07, 6.45) is -0.620. The second kappa shape index (κ2) is 5.87. The third kappa shape index (κ3) is 2.88. The Labute approximate surface area is 120 Å². The van der Waals surface area contributed by atoms with Gasteiger partial charge in [-0.3, -0.25) is 4.79 Å². The van der Waals surface area contributed by atoms with Crippen LogP contribution < -0.4 is 20.1 Å². The van der Waals surface area contributed by atoms with E-state index in [0.717, 1.165) is 0 Å². The van der Waals surface area contributed by atoms with Gasteiger partial charge in [-0.1, -0.05) is 11.6 Å². The lowest BCUT2D eigenvalue weighted by Crippen LogP contribution is -2.38. The summed E-state index contributed by atoms with van der Waals surface area (Å²) in [5.74, 6) is 0.363. The van der Waals surface area contributed by atoms with Crippen molar-refractivity contribution in [3.05, 3.63) is 17.2 Å². The maximum Gasteiger partial charge on any atom is 0.407 e. The van der Waals surface area contributed by atoms with Crippen LogP contribution in [0.2, 0.25) is 5.02 Å². The number of nitrogens with one attached hydrogen (secondary N) is 2. The zero-order valence-electron chi connectivity index (χ0n) is 10.9. The van der Waals surface area contributed by atoms with Crippen LogP contribution in [0.1, 0.15) is 0 Å². The number of rotatable bonds is 4. The van der Waals surface area contributed by atoms with Crippen LogP contribution in [0.15, 0.2) is 12.1 Å². The number of ether oxygens (including phenoxy) is 3. The number of hydrogen-bond acceptors (Lipinski definition) is 5. The maximum atomic E-state index is 12.0. The molecule has 1 aliphatic rings. The van der Waals surface area contributed by atoms with Crippen molar-refractivity contribution in [3.8, 4) is 11.5 Å². The Bertz CT molecular complexity index is 549. The van der Waals surface area contributed by atoms with Gasteiger partial charge in [-0.05, 0) is 0 Å². The second-order valence-corrected chi connectivity index (χ2v) is 4.38. The van der Waals surface area contributed by atoms with Crippen LogP contribution in [0, 0.1) is 0 Å². The van der Waals surface area contributed by atoms with E-state index in [1.165, 1.54) is 26.4 Å². The molecule has 0 radical (unpaired) electrons. The van der Waals surface area contributed by atoms with E-state index in [4.69, 9.17) is 21.1 Å². The van der Waals surface area contributed by atoms with Gasteiger partial charge >= 0.3 is 6.09 Å². The normalized spacial score (nSPS) is 17.1. The predicted molar refractivity (Wildman–Crippen MR) is 71.5 cm³/mol. The molecule has 1 saturated heterocycles. The lowest BCUT2D eigenvalue weighted by Gasteiger charge is -2.14. The first-order valence-electron chi connectivity index (χ1n) is 5.71. The molecule has 2 rings (SSSR count). The molecular weight excluding hydrogens is 288 g/mol. The molecule has 20 heavy (non-hydrogen) atoms. The lowest BCUT2D eigenvalue weighted by atomic mass is 10.2. The Hall–Kier alpha value is -2.15. The van der Waals surface area contributed by atoms with Gasteiger partial charge in [0.25, 0.3) is 5.91 Å². The van der Waals surface area contributed by atoms with Crippen LogP contribution >= 0.6 is 11.6 Å². The first-order valence-corrected chi connectivity index (χ1v) is 6.08. The molecule has 2 amide bonds. The third-order valence-corrected chi connectivity index (χ3v) is 3.02. The summed E-state index contributed by atoms with van der Waals surface area (Å²) in [7, 11) is 2.92. The van der Waals surface area contributed by atoms with E-state index in [1.807, 2.05) is 0 Å². The highest BCUT2D eigenvalue weighted by atomic mass is 35.5. The van der Waals surface area contributed by atoms with Crippen LogP contribution in [-0.2, 0) is 9.53 Å². The largest absolute Gasteiger partial charge is 0.495 e. The number of hydrogen-bond donors (Lipinski definition) is 2. The fraction of sp³-hybridized carbons (Fsp3) is 0.333. The topological polar surface area (TPSA) is 85.9 Å². The summed E-state index contributed by atoms with van der Waals surface area (Å²) in [6, 6.07) is 2.32. The summed E-state index contributed by atoms with van der Waals surface area (Å²) < 4.78 is 14.9. The highest BCUT2D eigenvalue weighted by Crippen LogP contribution is 2.35. The van der Waals surface area contributed by atoms with Gasteiger partial charge in [0.1, 0.15) is 24.1 Å². The molecule has 1 unspecified atom stereocenters. The standard InChI is InChI=1S/C12H13ClN2O5/c1-18-9-4-7(10(19-2)3-6(9)13)14-11(16)8-5-20-12(17)15-8/h3-4,8H,5H2,1-2H3,(H,14,16)(H,15,17). The van der Waals surface area contributed by atoms with Crippen molar-refractivity contribution in [2.24, 2.45) is 0 Å².